The molecule has 2 aromatic rings. The third kappa shape index (κ3) is 6.68. The van der Waals surface area contributed by atoms with Gasteiger partial charge in [-0.2, -0.15) is 0 Å². The number of nitrogens with zero attached hydrogens (tertiary/aromatic N) is 1. The number of hydrogen-bond donors (Lipinski definition) is 2. The molecule has 0 saturated carbocycles. The molecule has 1 aliphatic heterocycles. The first-order valence-electron chi connectivity index (χ1n) is 10.9. The van der Waals surface area contributed by atoms with Crippen LogP contribution in [0.15, 0.2) is 41.4 Å². The van der Waals surface area contributed by atoms with Crippen molar-refractivity contribution in [2.75, 3.05) is 12.3 Å². The fraction of sp³-hybridized carbons (Fsp3) is 0.417. The molecule has 0 radical (unpaired) electrons. The molecule has 1 heterocycles. The van der Waals surface area contributed by atoms with Crippen molar-refractivity contribution in [1.82, 2.24) is 5.32 Å². The lowest BCUT2D eigenvalue weighted by Crippen LogP contribution is -2.46. The van der Waals surface area contributed by atoms with Crippen molar-refractivity contribution in [1.29, 1.82) is 0 Å². The Morgan fingerprint density at radius 2 is 1.79 bits per heavy atom. The van der Waals surface area contributed by atoms with Gasteiger partial charge in [-0.3, -0.25) is 9.79 Å². The van der Waals surface area contributed by atoms with Gasteiger partial charge in [0.1, 0.15) is 11.6 Å². The highest BCUT2D eigenvalue weighted by Crippen LogP contribution is 2.23. The van der Waals surface area contributed by atoms with Gasteiger partial charge >= 0.3 is 0 Å². The number of amides is 1. The van der Waals surface area contributed by atoms with Crippen molar-refractivity contribution in [3.05, 3.63) is 70.3 Å². The summed E-state index contributed by atoms with van der Waals surface area (Å²) in [6, 6.07) is 7.77. The zero-order chi connectivity index (χ0) is 24.2. The van der Waals surface area contributed by atoms with Crippen LogP contribution in [0.4, 0.5) is 8.78 Å². The van der Waals surface area contributed by atoms with Crippen molar-refractivity contribution in [3.63, 3.8) is 0 Å². The largest absolute Gasteiger partial charge is 0.389 e. The number of carbonyl (C=O) groups excluding carboxylic acids is 1. The smallest absolute Gasteiger partial charge is 0.220 e. The maximum Gasteiger partial charge on any atom is 0.220 e. The zero-order valence-electron chi connectivity index (χ0n) is 18.6. The lowest BCUT2D eigenvalue weighted by atomic mass is 9.99. The van der Waals surface area contributed by atoms with Crippen molar-refractivity contribution < 1.29 is 27.1 Å². The molecule has 178 valence electrons. The maximum atomic E-state index is 13.6. The van der Waals surface area contributed by atoms with Gasteiger partial charge in [-0.15, -0.1) is 0 Å². The Morgan fingerprint density at radius 1 is 1.09 bits per heavy atom. The normalized spacial score (nSPS) is 17.9. The van der Waals surface area contributed by atoms with Gasteiger partial charge < -0.3 is 10.4 Å². The van der Waals surface area contributed by atoms with E-state index in [0.29, 0.717) is 11.3 Å². The van der Waals surface area contributed by atoms with Crippen LogP contribution < -0.4 is 5.32 Å². The standard InChI is InChI=1S/C24H28F2N2O4S/c1-3-15-5-6-17-13-33(31,32)14-22(20(17)9-15)27-12-23(29)21(28-24(30)4-2)10-16-7-18(25)11-19(26)8-16/h5-9,11,21,23,29H,3-4,10,12-14H2,1-2H3,(H,28,30). The molecule has 0 fully saturated rings. The number of sulfone groups is 1. The molecular formula is C24H28F2N2O4S. The fourth-order valence-corrected chi connectivity index (χ4v) is 5.34. The van der Waals surface area contributed by atoms with E-state index in [-0.39, 0.29) is 42.4 Å². The average molecular weight is 479 g/mol. The molecule has 1 aliphatic rings. The van der Waals surface area contributed by atoms with Gasteiger partial charge in [-0.1, -0.05) is 26.0 Å². The number of halogens is 2. The Hall–Kier alpha value is -2.65. The van der Waals surface area contributed by atoms with Crippen LogP contribution in [0.1, 0.15) is 42.5 Å². The number of benzene rings is 2. The highest BCUT2D eigenvalue weighted by molar-refractivity contribution is 7.91. The van der Waals surface area contributed by atoms with Crippen LogP contribution in [0, 0.1) is 11.6 Å². The highest BCUT2D eigenvalue weighted by Gasteiger charge is 2.28. The van der Waals surface area contributed by atoms with Crippen LogP contribution in [0.5, 0.6) is 0 Å². The van der Waals surface area contributed by atoms with E-state index in [9.17, 15) is 27.1 Å². The molecule has 2 N–H and O–H groups in total. The summed E-state index contributed by atoms with van der Waals surface area (Å²) in [6.45, 7) is 3.47. The summed E-state index contributed by atoms with van der Waals surface area (Å²) >= 11 is 0. The lowest BCUT2D eigenvalue weighted by molar-refractivity contribution is -0.122. The summed E-state index contributed by atoms with van der Waals surface area (Å²) in [5.74, 6) is -2.14. The minimum Gasteiger partial charge on any atom is -0.389 e. The maximum absolute atomic E-state index is 13.6. The van der Waals surface area contributed by atoms with Crippen LogP contribution in [0.25, 0.3) is 0 Å². The summed E-state index contributed by atoms with van der Waals surface area (Å²) in [6.07, 6.45) is -0.255. The number of carbonyl (C=O) groups is 1. The van der Waals surface area contributed by atoms with E-state index >= 15 is 0 Å². The summed E-state index contributed by atoms with van der Waals surface area (Å²) in [7, 11) is -3.38. The van der Waals surface area contributed by atoms with Crippen LogP contribution in [-0.2, 0) is 33.2 Å². The summed E-state index contributed by atoms with van der Waals surface area (Å²) in [5.41, 5.74) is 3.10. The molecule has 6 nitrogen and oxygen atoms in total. The Balaban J connectivity index is 1.86. The van der Waals surface area contributed by atoms with Gasteiger partial charge in [-0.05, 0) is 47.7 Å². The minimum atomic E-state index is -3.38. The number of aryl methyl sites for hydroxylation is 1. The topological polar surface area (TPSA) is 95.8 Å². The molecule has 33 heavy (non-hydrogen) atoms. The van der Waals surface area contributed by atoms with Gasteiger partial charge in [0.05, 0.1) is 35.9 Å². The first-order chi connectivity index (χ1) is 15.6. The predicted octanol–water partition coefficient (Wildman–Crippen LogP) is 2.74. The van der Waals surface area contributed by atoms with Gasteiger partial charge in [0.15, 0.2) is 9.84 Å². The molecule has 2 unspecified atom stereocenters. The summed E-state index contributed by atoms with van der Waals surface area (Å²) < 4.78 is 52.0. The van der Waals surface area contributed by atoms with E-state index in [0.717, 1.165) is 35.7 Å². The van der Waals surface area contributed by atoms with Crippen LogP contribution in [0.3, 0.4) is 0 Å². The molecule has 1 amide bonds. The van der Waals surface area contributed by atoms with Gasteiger partial charge in [-0.25, -0.2) is 17.2 Å². The highest BCUT2D eigenvalue weighted by atomic mass is 32.2. The molecule has 9 heteroatoms. The molecule has 2 atom stereocenters. The number of rotatable bonds is 8. The Kier molecular flexibility index (Phi) is 7.97. The fourth-order valence-electron chi connectivity index (χ4n) is 3.85. The number of nitrogens with one attached hydrogen (secondary N) is 1. The zero-order valence-corrected chi connectivity index (χ0v) is 19.5. The first-order valence-corrected chi connectivity index (χ1v) is 12.7. The Morgan fingerprint density at radius 3 is 2.42 bits per heavy atom. The van der Waals surface area contributed by atoms with E-state index in [4.69, 9.17) is 0 Å². The quantitative estimate of drug-likeness (QED) is 0.610. The second kappa shape index (κ2) is 10.5. The SMILES string of the molecule is CCC(=O)NC(Cc1cc(F)cc(F)c1)C(O)CN=C1CS(=O)(=O)Cc2ccc(CC)cc21. The van der Waals surface area contributed by atoms with Gasteiger partial charge in [0.25, 0.3) is 0 Å². The number of aliphatic hydroxyl groups excluding tert-OH is 1. The molecule has 0 aromatic heterocycles. The second-order valence-corrected chi connectivity index (χ2v) is 10.3. The van der Waals surface area contributed by atoms with Crippen molar-refractivity contribution in [3.8, 4) is 0 Å². The Labute approximate surface area is 192 Å². The second-order valence-electron chi connectivity index (χ2n) is 8.24. The van der Waals surface area contributed by atoms with E-state index in [1.807, 2.05) is 19.1 Å². The number of fused-ring (bicyclic) bond motifs is 1. The van der Waals surface area contributed by atoms with Crippen molar-refractivity contribution >= 4 is 21.5 Å². The predicted molar refractivity (Wildman–Crippen MR) is 123 cm³/mol. The molecule has 0 bridgehead atoms. The van der Waals surface area contributed by atoms with E-state index < -0.39 is 33.6 Å². The van der Waals surface area contributed by atoms with E-state index in [1.54, 1.807) is 13.0 Å². The third-order valence-corrected chi connectivity index (χ3v) is 7.07. The van der Waals surface area contributed by atoms with Crippen LogP contribution in [0.2, 0.25) is 0 Å². The van der Waals surface area contributed by atoms with Crippen molar-refractivity contribution in [2.24, 2.45) is 4.99 Å². The van der Waals surface area contributed by atoms with Gasteiger partial charge in [0, 0.05) is 18.1 Å². The van der Waals surface area contributed by atoms with E-state index in [1.165, 1.54) is 0 Å². The number of aliphatic imine (C=N–C) groups is 1. The number of aliphatic hydroxyl groups is 1. The molecule has 0 aliphatic carbocycles. The van der Waals surface area contributed by atoms with E-state index in [2.05, 4.69) is 10.3 Å². The summed E-state index contributed by atoms with van der Waals surface area (Å²) in [5, 5.41) is 13.5. The third-order valence-electron chi connectivity index (χ3n) is 5.60. The first kappa shape index (κ1) is 25.0. The molecule has 2 aromatic carbocycles. The van der Waals surface area contributed by atoms with Gasteiger partial charge in [0.2, 0.25) is 5.91 Å². The molecule has 3 rings (SSSR count). The molecule has 0 spiro atoms. The minimum absolute atomic E-state index is 0.0126. The summed E-state index contributed by atoms with van der Waals surface area (Å²) in [4.78, 5) is 16.4. The van der Waals surface area contributed by atoms with Crippen LogP contribution >= 0.6 is 0 Å². The Bertz CT molecular complexity index is 1140. The number of hydrogen-bond acceptors (Lipinski definition) is 5. The van der Waals surface area contributed by atoms with Crippen LogP contribution in [-0.4, -0.2) is 49.6 Å². The molecule has 0 saturated heterocycles. The lowest BCUT2D eigenvalue weighted by Gasteiger charge is -2.24. The monoisotopic (exact) mass is 478 g/mol. The average Bonchev–Trinajstić information content (AvgIpc) is 2.75. The molecular weight excluding hydrogens is 450 g/mol. The van der Waals surface area contributed by atoms with Crippen molar-refractivity contribution in [2.45, 2.75) is 51.0 Å².